The number of hydrogen-bond acceptors (Lipinski definition) is 2. The minimum absolute atomic E-state index is 0.0312. The van der Waals surface area contributed by atoms with Crippen molar-refractivity contribution in [3.8, 4) is 0 Å². The van der Waals surface area contributed by atoms with Crippen LogP contribution in [0.5, 0.6) is 0 Å². The summed E-state index contributed by atoms with van der Waals surface area (Å²) >= 11 is 3.33. The van der Waals surface area contributed by atoms with Crippen molar-refractivity contribution >= 4 is 27.2 Å². The van der Waals surface area contributed by atoms with E-state index in [9.17, 15) is 4.79 Å². The van der Waals surface area contributed by atoms with E-state index in [0.717, 1.165) is 11.1 Å². The number of fused-ring (bicyclic) bond motifs is 1. The zero-order chi connectivity index (χ0) is 10.3. The minimum atomic E-state index is -0.0312. The molecule has 0 atom stereocenters. The van der Waals surface area contributed by atoms with E-state index in [1.807, 2.05) is 29.7 Å². The molecular formula is C10H9BrN2O. The number of carbonyl (C=O) groups is 1. The van der Waals surface area contributed by atoms with Crippen LogP contribution in [0.2, 0.25) is 0 Å². The molecule has 0 aliphatic rings. The molecule has 72 valence electrons. The van der Waals surface area contributed by atoms with Crippen LogP contribution in [0.15, 0.2) is 22.9 Å². The highest BCUT2D eigenvalue weighted by molar-refractivity contribution is 9.10. The zero-order valence-corrected chi connectivity index (χ0v) is 9.50. The van der Waals surface area contributed by atoms with Crippen LogP contribution >= 0.6 is 15.9 Å². The molecule has 0 aliphatic heterocycles. The van der Waals surface area contributed by atoms with Gasteiger partial charge in [0, 0.05) is 13.1 Å². The molecule has 0 fully saturated rings. The average molecular weight is 253 g/mol. The van der Waals surface area contributed by atoms with Crippen LogP contribution in [0.25, 0.3) is 5.52 Å². The third-order valence-corrected chi connectivity index (χ3v) is 2.64. The molecule has 0 saturated heterocycles. The van der Waals surface area contributed by atoms with Gasteiger partial charge in [-0.1, -0.05) is 6.07 Å². The van der Waals surface area contributed by atoms with E-state index in [4.69, 9.17) is 0 Å². The SMILES string of the molecule is CC(=O)c1nc(Br)c2ccc(C)cn12. The lowest BCUT2D eigenvalue weighted by Crippen LogP contribution is -2.00. The Kier molecular flexibility index (Phi) is 2.15. The van der Waals surface area contributed by atoms with Gasteiger partial charge in [0.25, 0.3) is 0 Å². The van der Waals surface area contributed by atoms with Crippen molar-refractivity contribution in [3.05, 3.63) is 34.3 Å². The molecule has 0 aliphatic carbocycles. The summed E-state index contributed by atoms with van der Waals surface area (Å²) in [7, 11) is 0. The molecule has 3 nitrogen and oxygen atoms in total. The zero-order valence-electron chi connectivity index (χ0n) is 7.91. The van der Waals surface area contributed by atoms with Gasteiger partial charge in [-0.2, -0.15) is 0 Å². The number of aryl methyl sites for hydroxylation is 1. The van der Waals surface area contributed by atoms with Gasteiger partial charge in [-0.3, -0.25) is 9.20 Å². The molecule has 2 aromatic heterocycles. The summed E-state index contributed by atoms with van der Waals surface area (Å²) in [6, 6.07) is 3.94. The second kappa shape index (κ2) is 3.20. The number of aromatic nitrogens is 2. The van der Waals surface area contributed by atoms with E-state index in [0.29, 0.717) is 10.4 Å². The van der Waals surface area contributed by atoms with Gasteiger partial charge in [0.2, 0.25) is 0 Å². The van der Waals surface area contributed by atoms with Crippen molar-refractivity contribution in [2.45, 2.75) is 13.8 Å². The summed E-state index contributed by atoms with van der Waals surface area (Å²) < 4.78 is 2.52. The second-order valence-electron chi connectivity index (χ2n) is 3.24. The number of halogens is 1. The van der Waals surface area contributed by atoms with E-state index in [1.165, 1.54) is 6.92 Å². The van der Waals surface area contributed by atoms with Crippen molar-refractivity contribution < 1.29 is 4.79 Å². The number of nitrogens with zero attached hydrogens (tertiary/aromatic N) is 2. The van der Waals surface area contributed by atoms with Gasteiger partial charge in [-0.15, -0.1) is 0 Å². The number of carbonyl (C=O) groups excluding carboxylic acids is 1. The number of hydrogen-bond donors (Lipinski definition) is 0. The maximum Gasteiger partial charge on any atom is 0.195 e. The fourth-order valence-corrected chi connectivity index (χ4v) is 1.89. The second-order valence-corrected chi connectivity index (χ2v) is 4.00. The molecule has 2 aromatic rings. The van der Waals surface area contributed by atoms with E-state index < -0.39 is 0 Å². The van der Waals surface area contributed by atoms with E-state index in [2.05, 4.69) is 20.9 Å². The number of ketones is 1. The van der Waals surface area contributed by atoms with Crippen LogP contribution in [0.3, 0.4) is 0 Å². The summed E-state index contributed by atoms with van der Waals surface area (Å²) in [5.41, 5.74) is 2.02. The van der Waals surface area contributed by atoms with Crippen LogP contribution in [0.4, 0.5) is 0 Å². The Hall–Kier alpha value is -1.16. The average Bonchev–Trinajstić information content (AvgIpc) is 2.43. The maximum atomic E-state index is 11.3. The highest BCUT2D eigenvalue weighted by Gasteiger charge is 2.11. The number of rotatable bonds is 1. The predicted molar refractivity (Wildman–Crippen MR) is 57.6 cm³/mol. The van der Waals surface area contributed by atoms with Crippen LogP contribution < -0.4 is 0 Å². The summed E-state index contributed by atoms with van der Waals surface area (Å²) in [4.78, 5) is 15.4. The van der Waals surface area contributed by atoms with Crippen LogP contribution in [-0.2, 0) is 0 Å². The third kappa shape index (κ3) is 1.35. The molecule has 2 heterocycles. The lowest BCUT2D eigenvalue weighted by Gasteiger charge is -1.98. The summed E-state index contributed by atoms with van der Waals surface area (Å²) in [6.07, 6.45) is 1.91. The molecule has 0 N–H and O–H groups in total. The first-order valence-corrected chi connectivity index (χ1v) is 5.04. The van der Waals surface area contributed by atoms with Crippen LogP contribution in [0.1, 0.15) is 23.1 Å². The molecule has 0 saturated carbocycles. The van der Waals surface area contributed by atoms with Gasteiger partial charge in [0.15, 0.2) is 11.6 Å². The molecule has 0 bridgehead atoms. The fourth-order valence-electron chi connectivity index (χ4n) is 1.40. The van der Waals surface area contributed by atoms with Crippen molar-refractivity contribution in [1.29, 1.82) is 0 Å². The van der Waals surface area contributed by atoms with Crippen molar-refractivity contribution in [1.82, 2.24) is 9.38 Å². The lowest BCUT2D eigenvalue weighted by atomic mass is 10.3. The Balaban J connectivity index is 2.85. The topological polar surface area (TPSA) is 34.4 Å². The summed E-state index contributed by atoms with van der Waals surface area (Å²) in [6.45, 7) is 3.50. The number of pyridine rings is 1. The highest BCUT2D eigenvalue weighted by Crippen LogP contribution is 2.19. The van der Waals surface area contributed by atoms with Gasteiger partial charge < -0.3 is 0 Å². The maximum absolute atomic E-state index is 11.3. The Morgan fingerprint density at radius 2 is 2.21 bits per heavy atom. The van der Waals surface area contributed by atoms with Crippen molar-refractivity contribution in [2.24, 2.45) is 0 Å². The molecule has 0 aromatic carbocycles. The molecule has 0 amide bonds. The lowest BCUT2D eigenvalue weighted by molar-refractivity contribution is 0.100. The van der Waals surface area contributed by atoms with Gasteiger partial charge in [0.05, 0.1) is 5.52 Å². The number of Topliss-reactive ketones (excluding diaryl/α,β-unsaturated/α-hetero) is 1. The third-order valence-electron chi connectivity index (χ3n) is 2.05. The predicted octanol–water partition coefficient (Wildman–Crippen LogP) is 2.61. The monoisotopic (exact) mass is 252 g/mol. The standard InChI is InChI=1S/C10H9BrN2O/c1-6-3-4-8-9(11)12-10(7(2)14)13(8)5-6/h3-5H,1-2H3. The van der Waals surface area contributed by atoms with Gasteiger partial charge >= 0.3 is 0 Å². The normalized spacial score (nSPS) is 10.8. The molecule has 0 unspecified atom stereocenters. The first kappa shape index (κ1) is 9.40. The molecule has 4 heteroatoms. The largest absolute Gasteiger partial charge is 0.296 e. The molecule has 0 radical (unpaired) electrons. The van der Waals surface area contributed by atoms with Gasteiger partial charge in [-0.05, 0) is 34.5 Å². The Morgan fingerprint density at radius 3 is 2.86 bits per heavy atom. The van der Waals surface area contributed by atoms with Crippen molar-refractivity contribution in [3.63, 3.8) is 0 Å². The van der Waals surface area contributed by atoms with Crippen LogP contribution in [0, 0.1) is 6.92 Å². The summed E-state index contributed by atoms with van der Waals surface area (Å²) in [5.74, 6) is 0.437. The molecular weight excluding hydrogens is 244 g/mol. The first-order valence-electron chi connectivity index (χ1n) is 4.25. The number of imidazole rings is 1. The summed E-state index contributed by atoms with van der Waals surface area (Å²) in [5, 5.41) is 0. The minimum Gasteiger partial charge on any atom is -0.296 e. The highest BCUT2D eigenvalue weighted by atomic mass is 79.9. The quantitative estimate of drug-likeness (QED) is 0.732. The first-order chi connectivity index (χ1) is 6.59. The van der Waals surface area contributed by atoms with Gasteiger partial charge in [0.1, 0.15) is 4.60 Å². The molecule has 14 heavy (non-hydrogen) atoms. The smallest absolute Gasteiger partial charge is 0.195 e. The van der Waals surface area contributed by atoms with E-state index in [1.54, 1.807) is 0 Å². The van der Waals surface area contributed by atoms with E-state index in [-0.39, 0.29) is 5.78 Å². The van der Waals surface area contributed by atoms with Crippen LogP contribution in [-0.4, -0.2) is 15.2 Å². The Morgan fingerprint density at radius 1 is 1.50 bits per heavy atom. The molecule has 2 rings (SSSR count). The van der Waals surface area contributed by atoms with Gasteiger partial charge in [-0.25, -0.2) is 4.98 Å². The Bertz CT molecular complexity index is 516. The van der Waals surface area contributed by atoms with Crippen molar-refractivity contribution in [2.75, 3.05) is 0 Å². The van der Waals surface area contributed by atoms with E-state index >= 15 is 0 Å². The molecule has 0 spiro atoms. The fraction of sp³-hybridized carbons (Fsp3) is 0.200. The Labute approximate surface area is 89.9 Å².